The van der Waals surface area contributed by atoms with E-state index < -0.39 is 5.97 Å². The van der Waals surface area contributed by atoms with E-state index >= 15 is 0 Å². The molecule has 0 fully saturated rings. The Morgan fingerprint density at radius 1 is 1.45 bits per heavy atom. The zero-order valence-electron chi connectivity index (χ0n) is 11.2. The summed E-state index contributed by atoms with van der Waals surface area (Å²) in [6.45, 7) is 0. The first kappa shape index (κ1) is 11.6. The van der Waals surface area contributed by atoms with Crippen molar-refractivity contribution in [2.45, 2.75) is 24.8 Å². The Kier molecular flexibility index (Phi) is 2.25. The normalized spacial score (nSPS) is 24.4. The number of H-pyrrole nitrogens is 1. The molecule has 0 saturated heterocycles. The average Bonchev–Trinajstić information content (AvgIpc) is 2.77. The fourth-order valence-corrected chi connectivity index (χ4v) is 3.69. The summed E-state index contributed by atoms with van der Waals surface area (Å²) >= 11 is 0. The maximum absolute atomic E-state index is 11.5. The van der Waals surface area contributed by atoms with Gasteiger partial charge in [0.1, 0.15) is 0 Å². The number of carboxylic acids is 1. The van der Waals surface area contributed by atoms with E-state index in [1.807, 2.05) is 24.1 Å². The molecule has 1 N–H and O–H groups in total. The minimum absolute atomic E-state index is 0.0676. The van der Waals surface area contributed by atoms with Gasteiger partial charge in [-0.1, -0.05) is 12.1 Å². The largest absolute Gasteiger partial charge is 0.545 e. The third-order valence-corrected chi connectivity index (χ3v) is 4.69. The van der Waals surface area contributed by atoms with E-state index in [9.17, 15) is 9.90 Å². The predicted molar refractivity (Wildman–Crippen MR) is 74.0 cm³/mol. The molecule has 4 rings (SSSR count). The first-order valence-electron chi connectivity index (χ1n) is 6.89. The number of aromatic amines is 1. The number of carboxylic acid groups (broad SMARTS) is 1. The second-order valence-electron chi connectivity index (χ2n) is 5.77. The number of hydrogen-bond acceptors (Lipinski definition) is 3. The van der Waals surface area contributed by atoms with Gasteiger partial charge in [-0.2, -0.15) is 0 Å². The van der Waals surface area contributed by atoms with Crippen molar-refractivity contribution in [1.82, 2.24) is 9.88 Å². The Labute approximate surface area is 116 Å². The molecule has 1 aliphatic heterocycles. The van der Waals surface area contributed by atoms with Gasteiger partial charge in [0.05, 0.1) is 5.97 Å². The molecule has 0 unspecified atom stereocenters. The number of nitrogens with zero attached hydrogens (tertiary/aromatic N) is 1. The molecule has 1 aromatic carbocycles. The van der Waals surface area contributed by atoms with Crippen LogP contribution in [0.3, 0.4) is 0 Å². The third-order valence-electron chi connectivity index (χ3n) is 4.69. The zero-order chi connectivity index (χ0) is 13.9. The van der Waals surface area contributed by atoms with Crippen molar-refractivity contribution in [2.24, 2.45) is 0 Å². The number of aliphatic carboxylic acids is 1. The minimum Gasteiger partial charge on any atom is -0.545 e. The average molecular weight is 267 g/mol. The van der Waals surface area contributed by atoms with Crippen LogP contribution >= 0.6 is 0 Å². The molecule has 2 aliphatic rings. The third kappa shape index (κ3) is 1.45. The van der Waals surface area contributed by atoms with Crippen LogP contribution in [-0.4, -0.2) is 28.9 Å². The lowest BCUT2D eigenvalue weighted by atomic mass is 9.83. The smallest absolute Gasteiger partial charge is 0.0695 e. The lowest BCUT2D eigenvalue weighted by molar-refractivity contribution is -0.299. The summed E-state index contributed by atoms with van der Waals surface area (Å²) in [5, 5.41) is 12.7. The molecule has 20 heavy (non-hydrogen) atoms. The highest BCUT2D eigenvalue weighted by Gasteiger charge is 2.33. The quantitative estimate of drug-likeness (QED) is 0.843. The molecular weight excluding hydrogens is 252 g/mol. The first-order chi connectivity index (χ1) is 9.65. The van der Waals surface area contributed by atoms with Gasteiger partial charge in [-0.3, -0.25) is 0 Å². The van der Waals surface area contributed by atoms with Gasteiger partial charge in [-0.15, -0.1) is 0 Å². The SMILES string of the molecule is CN1C=C(C(=O)[O-])[C@H]2C[C@@H]1Cc1c[nH]c3cccc2c13. The lowest BCUT2D eigenvalue weighted by Gasteiger charge is -2.36. The second-order valence-corrected chi connectivity index (χ2v) is 5.77. The van der Waals surface area contributed by atoms with Crippen LogP contribution in [0.1, 0.15) is 23.5 Å². The molecule has 2 aromatic rings. The van der Waals surface area contributed by atoms with E-state index in [1.54, 1.807) is 6.20 Å². The summed E-state index contributed by atoms with van der Waals surface area (Å²) in [5.41, 5.74) is 3.88. The van der Waals surface area contributed by atoms with Crippen LogP contribution in [0.15, 0.2) is 36.2 Å². The topological polar surface area (TPSA) is 59.2 Å². The molecule has 2 atom stereocenters. The van der Waals surface area contributed by atoms with Gasteiger partial charge in [-0.05, 0) is 35.6 Å². The number of carbonyl (C=O) groups excluding carboxylic acids is 1. The van der Waals surface area contributed by atoms with Gasteiger partial charge >= 0.3 is 0 Å². The molecule has 0 spiro atoms. The highest BCUT2D eigenvalue weighted by molar-refractivity contribution is 5.92. The highest BCUT2D eigenvalue weighted by atomic mass is 16.4. The number of carbonyl (C=O) groups is 1. The van der Waals surface area contributed by atoms with Crippen molar-refractivity contribution in [3.05, 3.63) is 47.3 Å². The molecule has 1 aromatic heterocycles. The molecule has 0 radical (unpaired) electrons. The fraction of sp³-hybridized carbons (Fsp3) is 0.312. The summed E-state index contributed by atoms with van der Waals surface area (Å²) in [4.78, 5) is 16.8. The van der Waals surface area contributed by atoms with E-state index in [-0.39, 0.29) is 5.92 Å². The molecule has 2 bridgehead atoms. The van der Waals surface area contributed by atoms with Crippen molar-refractivity contribution in [2.75, 3.05) is 7.05 Å². The van der Waals surface area contributed by atoms with Gasteiger partial charge < -0.3 is 19.8 Å². The van der Waals surface area contributed by atoms with Gasteiger partial charge in [0.2, 0.25) is 0 Å². The predicted octanol–water partition coefficient (Wildman–Crippen LogP) is 1.15. The number of hydrogen-bond donors (Lipinski definition) is 1. The van der Waals surface area contributed by atoms with E-state index in [4.69, 9.17) is 0 Å². The van der Waals surface area contributed by atoms with Crippen LogP contribution in [0.5, 0.6) is 0 Å². The van der Waals surface area contributed by atoms with Crippen molar-refractivity contribution < 1.29 is 9.90 Å². The van der Waals surface area contributed by atoms with Gasteiger partial charge in [-0.25, -0.2) is 0 Å². The van der Waals surface area contributed by atoms with E-state index in [2.05, 4.69) is 17.2 Å². The van der Waals surface area contributed by atoms with Crippen molar-refractivity contribution in [3.8, 4) is 0 Å². The summed E-state index contributed by atoms with van der Waals surface area (Å²) < 4.78 is 0. The molecule has 4 nitrogen and oxygen atoms in total. The van der Waals surface area contributed by atoms with Crippen LogP contribution in [0.4, 0.5) is 0 Å². The summed E-state index contributed by atoms with van der Waals surface area (Å²) in [7, 11) is 1.95. The molecule has 1 aliphatic carbocycles. The Bertz CT molecular complexity index is 744. The minimum atomic E-state index is -1.06. The maximum Gasteiger partial charge on any atom is 0.0695 e. The molecular formula is C16H15N2O2-. The molecule has 102 valence electrons. The van der Waals surface area contributed by atoms with E-state index in [0.717, 1.165) is 23.9 Å². The van der Waals surface area contributed by atoms with Crippen LogP contribution in [-0.2, 0) is 11.2 Å². The number of aromatic nitrogens is 1. The number of benzene rings is 1. The van der Waals surface area contributed by atoms with Crippen LogP contribution in [0.25, 0.3) is 10.9 Å². The van der Waals surface area contributed by atoms with Gasteiger partial charge in [0.25, 0.3) is 0 Å². The van der Waals surface area contributed by atoms with Crippen LogP contribution < -0.4 is 5.11 Å². The van der Waals surface area contributed by atoms with Gasteiger partial charge in [0, 0.05) is 42.3 Å². The van der Waals surface area contributed by atoms with Gasteiger partial charge in [0.15, 0.2) is 0 Å². The lowest BCUT2D eigenvalue weighted by Crippen LogP contribution is -2.39. The molecule has 0 saturated carbocycles. The van der Waals surface area contributed by atoms with Crippen molar-refractivity contribution >= 4 is 16.9 Å². The summed E-state index contributed by atoms with van der Waals surface area (Å²) in [6, 6.07) is 6.43. The number of fused-ring (bicyclic) bond motifs is 3. The molecule has 4 heteroatoms. The maximum atomic E-state index is 11.5. The highest BCUT2D eigenvalue weighted by Crippen LogP contribution is 2.42. The monoisotopic (exact) mass is 267 g/mol. The second kappa shape index (κ2) is 3.88. The van der Waals surface area contributed by atoms with Crippen LogP contribution in [0, 0.1) is 0 Å². The Morgan fingerprint density at radius 3 is 3.10 bits per heavy atom. The first-order valence-corrected chi connectivity index (χ1v) is 6.89. The molecule has 0 amide bonds. The Morgan fingerprint density at radius 2 is 2.30 bits per heavy atom. The van der Waals surface area contributed by atoms with Crippen molar-refractivity contribution in [3.63, 3.8) is 0 Å². The molecule has 2 heterocycles. The standard InChI is InChI=1S/C16H16N2O2/c1-18-8-13(16(19)20)12-6-10(18)5-9-7-17-14-4-2-3-11(12)15(9)14/h2-4,7-8,10,12,17H,5-6H2,1H3,(H,19,20)/p-1/t10-,12-/m0/s1. The summed E-state index contributed by atoms with van der Waals surface area (Å²) in [5.74, 6) is -1.13. The fourth-order valence-electron chi connectivity index (χ4n) is 3.69. The Hall–Kier alpha value is -2.23. The summed E-state index contributed by atoms with van der Waals surface area (Å²) in [6.07, 6.45) is 5.59. The zero-order valence-corrected chi connectivity index (χ0v) is 11.2. The van der Waals surface area contributed by atoms with E-state index in [1.165, 1.54) is 10.9 Å². The number of likely N-dealkylation sites (N-methyl/N-ethyl adjacent to an activating group) is 1. The van der Waals surface area contributed by atoms with Crippen molar-refractivity contribution in [1.29, 1.82) is 0 Å². The van der Waals surface area contributed by atoms with E-state index in [0.29, 0.717) is 11.6 Å². The number of rotatable bonds is 1. The Balaban J connectivity index is 2.01. The van der Waals surface area contributed by atoms with Crippen LogP contribution in [0.2, 0.25) is 0 Å². The number of nitrogens with one attached hydrogen (secondary N) is 1.